The summed E-state index contributed by atoms with van der Waals surface area (Å²) in [6.07, 6.45) is 2.60. The van der Waals surface area contributed by atoms with E-state index in [2.05, 4.69) is 10.4 Å². The maximum Gasteiger partial charge on any atom is 0.0979 e. The fraction of sp³-hybridized carbons (Fsp3) is 0.667. The summed E-state index contributed by atoms with van der Waals surface area (Å²) >= 11 is 1.63. The number of nitrogens with zero attached hydrogens (tertiary/aromatic N) is 1. The van der Waals surface area contributed by atoms with E-state index in [0.29, 0.717) is 19.8 Å². The van der Waals surface area contributed by atoms with Gasteiger partial charge in [0.2, 0.25) is 0 Å². The van der Waals surface area contributed by atoms with Crippen LogP contribution in [0.3, 0.4) is 0 Å². The molecule has 2 heterocycles. The molecule has 5 nitrogen and oxygen atoms in total. The van der Waals surface area contributed by atoms with Crippen LogP contribution in [0.1, 0.15) is 5.01 Å². The van der Waals surface area contributed by atoms with Gasteiger partial charge >= 0.3 is 0 Å². The maximum atomic E-state index is 5.59. The van der Waals surface area contributed by atoms with Gasteiger partial charge in [0.1, 0.15) is 0 Å². The van der Waals surface area contributed by atoms with E-state index in [9.17, 15) is 0 Å². The molecule has 1 aromatic rings. The van der Waals surface area contributed by atoms with Gasteiger partial charge in [0.05, 0.1) is 37.0 Å². The number of hydrogen-bond acceptors (Lipinski definition) is 6. The lowest BCUT2D eigenvalue weighted by molar-refractivity contribution is -0.101. The van der Waals surface area contributed by atoms with Crippen LogP contribution in [0.4, 0.5) is 0 Å². The van der Waals surface area contributed by atoms with Crippen molar-refractivity contribution in [2.75, 3.05) is 19.8 Å². The minimum atomic E-state index is 0.0210. The number of rotatable bonds is 4. The number of nitrogens with one attached hydrogen (secondary N) is 1. The van der Waals surface area contributed by atoms with Crippen LogP contribution < -0.4 is 11.3 Å². The predicted molar refractivity (Wildman–Crippen MR) is 57.5 cm³/mol. The van der Waals surface area contributed by atoms with Crippen molar-refractivity contribution in [3.05, 3.63) is 16.6 Å². The third kappa shape index (κ3) is 2.96. The van der Waals surface area contributed by atoms with Crippen molar-refractivity contribution < 1.29 is 9.47 Å². The van der Waals surface area contributed by atoms with Crippen LogP contribution in [-0.2, 0) is 15.9 Å². The van der Waals surface area contributed by atoms with E-state index >= 15 is 0 Å². The van der Waals surface area contributed by atoms with Crippen LogP contribution in [0.5, 0.6) is 0 Å². The van der Waals surface area contributed by atoms with E-state index < -0.39 is 0 Å². The van der Waals surface area contributed by atoms with Gasteiger partial charge in [-0.2, -0.15) is 0 Å². The molecule has 2 unspecified atom stereocenters. The van der Waals surface area contributed by atoms with Crippen molar-refractivity contribution in [3.63, 3.8) is 0 Å². The van der Waals surface area contributed by atoms with E-state index in [1.807, 2.05) is 5.38 Å². The molecule has 1 aliphatic rings. The van der Waals surface area contributed by atoms with Gasteiger partial charge in [-0.25, -0.2) is 4.98 Å². The fourth-order valence-electron chi connectivity index (χ4n) is 1.58. The smallest absolute Gasteiger partial charge is 0.0979 e. The average molecular weight is 229 g/mol. The fourth-order valence-corrected chi connectivity index (χ4v) is 2.25. The molecule has 1 fully saturated rings. The first-order valence-corrected chi connectivity index (χ1v) is 5.82. The lowest BCUT2D eigenvalue weighted by Gasteiger charge is -2.29. The number of thiazole rings is 1. The number of hydrazine groups is 1. The van der Waals surface area contributed by atoms with Crippen molar-refractivity contribution in [1.29, 1.82) is 0 Å². The van der Waals surface area contributed by atoms with E-state index in [0.717, 1.165) is 11.4 Å². The van der Waals surface area contributed by atoms with Crippen LogP contribution in [0, 0.1) is 0 Å². The lowest BCUT2D eigenvalue weighted by Crippen LogP contribution is -2.50. The van der Waals surface area contributed by atoms with Crippen LogP contribution in [0.2, 0.25) is 0 Å². The standard InChI is InChI=1S/C9H15N3O2S/c10-12-7(5-9-11-1-4-15-9)8-6-13-2-3-14-8/h1,4,7-8,12H,2-3,5-6,10H2. The Morgan fingerprint density at radius 1 is 1.67 bits per heavy atom. The number of nitrogens with two attached hydrogens (primary N) is 1. The Hall–Kier alpha value is -0.530. The molecule has 0 saturated carbocycles. The largest absolute Gasteiger partial charge is 0.376 e. The molecule has 1 saturated heterocycles. The number of aromatic nitrogens is 1. The molecule has 0 aromatic carbocycles. The highest BCUT2D eigenvalue weighted by Crippen LogP contribution is 2.12. The van der Waals surface area contributed by atoms with Gasteiger partial charge in [0.25, 0.3) is 0 Å². The lowest BCUT2D eigenvalue weighted by atomic mass is 10.1. The van der Waals surface area contributed by atoms with Crippen LogP contribution in [-0.4, -0.2) is 37.0 Å². The first kappa shape index (κ1) is 11.0. The second kappa shape index (κ2) is 5.53. The Morgan fingerprint density at radius 3 is 3.20 bits per heavy atom. The highest BCUT2D eigenvalue weighted by molar-refractivity contribution is 7.09. The number of ether oxygens (including phenoxy) is 2. The Morgan fingerprint density at radius 2 is 2.60 bits per heavy atom. The van der Waals surface area contributed by atoms with Gasteiger partial charge in [-0.05, 0) is 0 Å². The van der Waals surface area contributed by atoms with Crippen molar-refractivity contribution in [2.24, 2.45) is 5.84 Å². The van der Waals surface area contributed by atoms with Gasteiger partial charge in [-0.1, -0.05) is 0 Å². The first-order valence-electron chi connectivity index (χ1n) is 4.94. The first-order chi connectivity index (χ1) is 7.40. The van der Waals surface area contributed by atoms with Crippen molar-refractivity contribution in [1.82, 2.24) is 10.4 Å². The summed E-state index contributed by atoms with van der Waals surface area (Å²) in [5.41, 5.74) is 2.77. The summed E-state index contributed by atoms with van der Waals surface area (Å²) in [4.78, 5) is 4.23. The molecule has 0 spiro atoms. The summed E-state index contributed by atoms with van der Waals surface area (Å²) in [6, 6.07) is 0.0662. The quantitative estimate of drug-likeness (QED) is 0.559. The molecular weight excluding hydrogens is 214 g/mol. The Bertz CT molecular complexity index is 275. The van der Waals surface area contributed by atoms with Crippen molar-refractivity contribution >= 4 is 11.3 Å². The zero-order valence-corrected chi connectivity index (χ0v) is 9.20. The molecule has 0 radical (unpaired) electrons. The third-order valence-corrected chi connectivity index (χ3v) is 3.18. The maximum absolute atomic E-state index is 5.59. The summed E-state index contributed by atoms with van der Waals surface area (Å²) < 4.78 is 10.9. The van der Waals surface area contributed by atoms with E-state index in [-0.39, 0.29) is 12.1 Å². The molecule has 1 aliphatic heterocycles. The zero-order chi connectivity index (χ0) is 10.5. The van der Waals surface area contributed by atoms with Crippen LogP contribution in [0.15, 0.2) is 11.6 Å². The summed E-state index contributed by atoms with van der Waals surface area (Å²) in [5.74, 6) is 5.51. The van der Waals surface area contributed by atoms with Gasteiger partial charge < -0.3 is 9.47 Å². The van der Waals surface area contributed by atoms with Gasteiger partial charge in [-0.3, -0.25) is 11.3 Å². The molecule has 6 heteroatoms. The Balaban J connectivity index is 1.91. The average Bonchev–Trinajstić information content (AvgIpc) is 2.80. The van der Waals surface area contributed by atoms with Crippen LogP contribution in [0.25, 0.3) is 0 Å². The molecule has 15 heavy (non-hydrogen) atoms. The Labute approximate surface area is 92.6 Å². The minimum absolute atomic E-state index is 0.0210. The SMILES string of the molecule is NNC(Cc1nccs1)C1COCCO1. The third-order valence-electron chi connectivity index (χ3n) is 2.38. The second-order valence-electron chi connectivity index (χ2n) is 3.39. The molecule has 84 valence electrons. The van der Waals surface area contributed by atoms with E-state index in [1.165, 1.54) is 0 Å². The monoisotopic (exact) mass is 229 g/mol. The molecular formula is C9H15N3O2S. The van der Waals surface area contributed by atoms with Crippen molar-refractivity contribution in [3.8, 4) is 0 Å². The van der Waals surface area contributed by atoms with Crippen LogP contribution >= 0.6 is 11.3 Å². The predicted octanol–water partition coefficient (Wildman–Crippen LogP) is -0.0671. The second-order valence-corrected chi connectivity index (χ2v) is 4.37. The molecule has 0 amide bonds. The highest BCUT2D eigenvalue weighted by Gasteiger charge is 2.25. The minimum Gasteiger partial charge on any atom is -0.376 e. The molecule has 0 aliphatic carbocycles. The highest BCUT2D eigenvalue weighted by atomic mass is 32.1. The topological polar surface area (TPSA) is 69.4 Å². The summed E-state index contributed by atoms with van der Waals surface area (Å²) in [6.45, 7) is 1.91. The Kier molecular flexibility index (Phi) is 4.04. The molecule has 3 N–H and O–H groups in total. The zero-order valence-electron chi connectivity index (χ0n) is 8.39. The number of hydrogen-bond donors (Lipinski definition) is 2. The molecule has 2 rings (SSSR count). The van der Waals surface area contributed by atoms with E-state index in [4.69, 9.17) is 15.3 Å². The van der Waals surface area contributed by atoms with E-state index in [1.54, 1.807) is 17.5 Å². The summed E-state index contributed by atoms with van der Waals surface area (Å²) in [7, 11) is 0. The van der Waals surface area contributed by atoms with Gasteiger partial charge in [0.15, 0.2) is 0 Å². The molecule has 2 atom stereocenters. The van der Waals surface area contributed by atoms with Crippen molar-refractivity contribution in [2.45, 2.75) is 18.6 Å². The van der Waals surface area contributed by atoms with Gasteiger partial charge in [0, 0.05) is 18.0 Å². The molecule has 1 aromatic heterocycles. The molecule has 0 bridgehead atoms. The normalized spacial score (nSPS) is 23.9. The summed E-state index contributed by atoms with van der Waals surface area (Å²) in [5, 5.41) is 3.02. The van der Waals surface area contributed by atoms with Gasteiger partial charge in [-0.15, -0.1) is 11.3 Å².